The molecule has 1 saturated carbocycles. The molecule has 1 N–H and O–H groups in total. The smallest absolute Gasteiger partial charge is 0.251 e. The summed E-state index contributed by atoms with van der Waals surface area (Å²) in [5.74, 6) is -0.0483. The Kier molecular flexibility index (Phi) is 4.56. The zero-order chi connectivity index (χ0) is 14.5. The largest absolute Gasteiger partial charge is 0.355 e. The molecule has 4 nitrogen and oxygen atoms in total. The molecule has 106 valence electrons. The number of amides is 2. The molecule has 0 saturated heterocycles. The maximum atomic E-state index is 12.0. The van der Waals surface area contributed by atoms with Crippen molar-refractivity contribution >= 4 is 17.9 Å². The van der Waals surface area contributed by atoms with Crippen molar-refractivity contribution in [3.63, 3.8) is 0 Å². The molecule has 0 bridgehead atoms. The maximum Gasteiger partial charge on any atom is 0.251 e. The summed E-state index contributed by atoms with van der Waals surface area (Å²) in [6.07, 6.45) is 5.64. The van der Waals surface area contributed by atoms with Crippen molar-refractivity contribution in [3.8, 4) is 0 Å². The monoisotopic (exact) mass is 272 g/mol. The number of hydrogen-bond acceptors (Lipinski definition) is 2. The van der Waals surface area contributed by atoms with E-state index in [1.165, 1.54) is 0 Å². The molecule has 0 unspecified atom stereocenters. The Bertz CT molecular complexity index is 516. The summed E-state index contributed by atoms with van der Waals surface area (Å²) in [5, 5.41) is 2.58. The van der Waals surface area contributed by atoms with Crippen LogP contribution in [0.4, 0.5) is 0 Å². The summed E-state index contributed by atoms with van der Waals surface area (Å²) < 4.78 is 0. The molecule has 1 aromatic rings. The number of likely N-dealkylation sites (N-methyl/N-ethyl adjacent to an activating group) is 1. The van der Waals surface area contributed by atoms with E-state index in [-0.39, 0.29) is 11.8 Å². The van der Waals surface area contributed by atoms with E-state index in [0.717, 1.165) is 24.9 Å². The minimum absolute atomic E-state index is 0.0605. The molecule has 0 aliphatic heterocycles. The minimum Gasteiger partial charge on any atom is -0.355 e. The lowest BCUT2D eigenvalue weighted by molar-refractivity contribution is -0.126. The Hall–Kier alpha value is -2.10. The van der Waals surface area contributed by atoms with Gasteiger partial charge in [0, 0.05) is 31.3 Å². The number of nitrogens with one attached hydrogen (secondary N) is 1. The highest BCUT2D eigenvalue weighted by Crippen LogP contribution is 2.26. The highest BCUT2D eigenvalue weighted by molar-refractivity contribution is 5.95. The van der Waals surface area contributed by atoms with E-state index in [9.17, 15) is 9.59 Å². The Labute approximate surface area is 119 Å². The van der Waals surface area contributed by atoms with Gasteiger partial charge in [-0.1, -0.05) is 12.1 Å². The fraction of sp³-hybridized carbons (Fsp3) is 0.375. The molecule has 0 heterocycles. The van der Waals surface area contributed by atoms with Crippen molar-refractivity contribution < 1.29 is 9.59 Å². The maximum absolute atomic E-state index is 12.0. The first kappa shape index (κ1) is 14.3. The van der Waals surface area contributed by atoms with Crippen LogP contribution in [0.25, 0.3) is 6.08 Å². The van der Waals surface area contributed by atoms with Crippen molar-refractivity contribution in [2.24, 2.45) is 0 Å². The Morgan fingerprint density at radius 3 is 2.45 bits per heavy atom. The zero-order valence-corrected chi connectivity index (χ0v) is 11.9. The van der Waals surface area contributed by atoms with Crippen molar-refractivity contribution in [1.29, 1.82) is 0 Å². The van der Waals surface area contributed by atoms with Gasteiger partial charge in [-0.3, -0.25) is 9.59 Å². The average molecular weight is 272 g/mol. The van der Waals surface area contributed by atoms with Crippen LogP contribution in [-0.4, -0.2) is 36.3 Å². The molecule has 1 aliphatic carbocycles. The van der Waals surface area contributed by atoms with Crippen LogP contribution in [0.5, 0.6) is 0 Å². The van der Waals surface area contributed by atoms with Gasteiger partial charge in [0.05, 0.1) is 0 Å². The van der Waals surface area contributed by atoms with E-state index < -0.39 is 0 Å². The first-order chi connectivity index (χ1) is 9.65. The van der Waals surface area contributed by atoms with Crippen LogP contribution in [-0.2, 0) is 4.79 Å². The zero-order valence-electron chi connectivity index (χ0n) is 11.9. The number of carbonyl (C=O) groups excluding carboxylic acids is 2. The van der Waals surface area contributed by atoms with E-state index in [4.69, 9.17) is 0 Å². The van der Waals surface area contributed by atoms with Gasteiger partial charge in [-0.05, 0) is 43.5 Å². The van der Waals surface area contributed by atoms with E-state index >= 15 is 0 Å². The van der Waals surface area contributed by atoms with Crippen LogP contribution < -0.4 is 5.32 Å². The molecule has 1 aromatic carbocycles. The third-order valence-corrected chi connectivity index (χ3v) is 3.43. The Balaban J connectivity index is 2.00. The molecule has 2 rings (SSSR count). The molecule has 0 spiro atoms. The minimum atomic E-state index is -0.109. The molecule has 1 fully saturated rings. The fourth-order valence-corrected chi connectivity index (χ4v) is 2.13. The lowest BCUT2D eigenvalue weighted by Gasteiger charge is -2.17. The van der Waals surface area contributed by atoms with E-state index in [1.807, 2.05) is 24.0 Å². The van der Waals surface area contributed by atoms with Crippen LogP contribution in [0.2, 0.25) is 0 Å². The summed E-state index contributed by atoms with van der Waals surface area (Å²) in [5.41, 5.74) is 1.53. The summed E-state index contributed by atoms with van der Waals surface area (Å²) in [4.78, 5) is 25.3. The molecule has 1 aliphatic rings. The molecule has 0 atom stereocenters. The van der Waals surface area contributed by atoms with E-state index in [0.29, 0.717) is 11.6 Å². The predicted octanol–water partition coefficient (Wildman–Crippen LogP) is 2.07. The summed E-state index contributed by atoms with van der Waals surface area (Å²) in [7, 11) is 1.60. The van der Waals surface area contributed by atoms with E-state index in [2.05, 4.69) is 5.32 Å². The highest BCUT2D eigenvalue weighted by Gasteiger charge is 2.30. The van der Waals surface area contributed by atoms with Gasteiger partial charge in [0.1, 0.15) is 0 Å². The lowest BCUT2D eigenvalue weighted by atomic mass is 10.1. The summed E-state index contributed by atoms with van der Waals surface area (Å²) in [6.45, 7) is 2.76. The van der Waals surface area contributed by atoms with Crippen molar-refractivity contribution in [2.45, 2.75) is 25.8 Å². The quantitative estimate of drug-likeness (QED) is 0.834. The second-order valence-corrected chi connectivity index (χ2v) is 4.89. The molecule has 0 radical (unpaired) electrons. The number of nitrogens with zero attached hydrogens (tertiary/aromatic N) is 1. The van der Waals surface area contributed by atoms with Gasteiger partial charge in [0.2, 0.25) is 5.91 Å². The molecule has 20 heavy (non-hydrogen) atoms. The van der Waals surface area contributed by atoms with Gasteiger partial charge in [0.25, 0.3) is 5.91 Å². The van der Waals surface area contributed by atoms with Crippen LogP contribution in [0, 0.1) is 0 Å². The van der Waals surface area contributed by atoms with Gasteiger partial charge in [0.15, 0.2) is 0 Å². The number of benzene rings is 1. The number of hydrogen-bond donors (Lipinski definition) is 1. The predicted molar refractivity (Wildman–Crippen MR) is 79.3 cm³/mol. The molecule has 4 heteroatoms. The van der Waals surface area contributed by atoms with Gasteiger partial charge < -0.3 is 10.2 Å². The topological polar surface area (TPSA) is 49.4 Å². The highest BCUT2D eigenvalue weighted by atomic mass is 16.2. The Morgan fingerprint density at radius 2 is 1.95 bits per heavy atom. The van der Waals surface area contributed by atoms with Gasteiger partial charge in [-0.15, -0.1) is 0 Å². The van der Waals surface area contributed by atoms with Crippen LogP contribution in [0.3, 0.4) is 0 Å². The van der Waals surface area contributed by atoms with Gasteiger partial charge in [-0.2, -0.15) is 0 Å². The lowest BCUT2D eigenvalue weighted by Crippen LogP contribution is -2.31. The number of rotatable bonds is 5. The van der Waals surface area contributed by atoms with Crippen LogP contribution in [0.15, 0.2) is 30.3 Å². The third-order valence-electron chi connectivity index (χ3n) is 3.43. The second-order valence-electron chi connectivity index (χ2n) is 4.89. The first-order valence-electron chi connectivity index (χ1n) is 6.96. The third kappa shape index (κ3) is 3.47. The van der Waals surface area contributed by atoms with Gasteiger partial charge >= 0.3 is 0 Å². The second kappa shape index (κ2) is 6.37. The standard InChI is InChI=1S/C16H20N2O2/c1-3-18(14-9-10-14)15(19)11-6-12-4-7-13(8-5-12)16(20)17-2/h4-8,11,14H,3,9-10H2,1-2H3,(H,17,20). The van der Waals surface area contributed by atoms with Crippen LogP contribution >= 0.6 is 0 Å². The van der Waals surface area contributed by atoms with Crippen molar-refractivity contribution in [2.75, 3.05) is 13.6 Å². The van der Waals surface area contributed by atoms with E-state index in [1.54, 1.807) is 31.3 Å². The summed E-state index contributed by atoms with van der Waals surface area (Å²) >= 11 is 0. The fourth-order valence-electron chi connectivity index (χ4n) is 2.13. The number of carbonyl (C=O) groups is 2. The van der Waals surface area contributed by atoms with Crippen molar-refractivity contribution in [3.05, 3.63) is 41.5 Å². The average Bonchev–Trinajstić information content (AvgIpc) is 3.30. The molecule has 0 aromatic heterocycles. The molecular weight excluding hydrogens is 252 g/mol. The van der Waals surface area contributed by atoms with Crippen molar-refractivity contribution in [1.82, 2.24) is 10.2 Å². The molecular formula is C16H20N2O2. The normalized spacial score (nSPS) is 14.3. The van der Waals surface area contributed by atoms with Crippen LogP contribution in [0.1, 0.15) is 35.7 Å². The Morgan fingerprint density at radius 1 is 1.30 bits per heavy atom. The first-order valence-corrected chi connectivity index (χ1v) is 6.96. The SMILES string of the molecule is CCN(C(=O)C=Cc1ccc(C(=O)NC)cc1)C1CC1. The summed E-state index contributed by atoms with van der Waals surface area (Å²) in [6, 6.07) is 7.61. The molecule has 2 amide bonds. The van der Waals surface area contributed by atoms with Gasteiger partial charge in [-0.25, -0.2) is 0 Å².